The van der Waals surface area contributed by atoms with Gasteiger partial charge in [0.15, 0.2) is 0 Å². The van der Waals surface area contributed by atoms with Gasteiger partial charge in [0, 0.05) is 58.6 Å². The number of alkyl carbamates (subject to hydrolysis) is 2. The van der Waals surface area contributed by atoms with E-state index in [9.17, 15) is 28.8 Å². The maximum absolute atomic E-state index is 13.7. The summed E-state index contributed by atoms with van der Waals surface area (Å²) in [5, 5.41) is 19.9. The van der Waals surface area contributed by atoms with Gasteiger partial charge in [-0.15, -0.1) is 0 Å². The first-order valence-corrected chi connectivity index (χ1v) is 23.3. The molecule has 17 nitrogen and oxygen atoms in total. The number of carboxylic acids is 1. The molecule has 0 spiro atoms. The lowest BCUT2D eigenvalue weighted by molar-refractivity contribution is -0.140. The minimum absolute atomic E-state index is 0.00741. The number of nitrogens with one attached hydrogen (secondary N) is 5. The Kier molecular flexibility index (Phi) is 18.8. The van der Waals surface area contributed by atoms with E-state index in [0.717, 1.165) is 36.5 Å². The number of carboxylic acid groups (broad SMARTS) is 1. The number of aliphatic carboxylic acids is 1. The number of H-pyrrole nitrogens is 2. The molecule has 67 heavy (non-hydrogen) atoms. The summed E-state index contributed by atoms with van der Waals surface area (Å²) in [5.74, 6) is -1.53. The van der Waals surface area contributed by atoms with Crippen LogP contribution in [0.2, 0.25) is 0 Å². The van der Waals surface area contributed by atoms with Crippen molar-refractivity contribution in [2.75, 3.05) is 13.1 Å². The molecular weight excluding hydrogens is 857 g/mol. The molecule has 0 bridgehead atoms. The quantitative estimate of drug-likeness (QED) is 0.0620. The number of amides is 5. The van der Waals surface area contributed by atoms with Crippen molar-refractivity contribution in [3.63, 3.8) is 0 Å². The van der Waals surface area contributed by atoms with E-state index in [4.69, 9.17) is 26.0 Å². The van der Waals surface area contributed by atoms with Crippen LogP contribution in [0.1, 0.15) is 142 Å². The third kappa shape index (κ3) is 16.3. The van der Waals surface area contributed by atoms with Crippen LogP contribution < -0.4 is 27.4 Å². The van der Waals surface area contributed by atoms with E-state index in [0.29, 0.717) is 24.9 Å². The van der Waals surface area contributed by atoms with Gasteiger partial charge in [-0.1, -0.05) is 64.1 Å². The predicted molar refractivity (Wildman–Crippen MR) is 259 cm³/mol. The van der Waals surface area contributed by atoms with Crippen molar-refractivity contribution in [3.05, 3.63) is 71.0 Å². The van der Waals surface area contributed by atoms with Crippen LogP contribution in [0.25, 0.3) is 21.8 Å². The van der Waals surface area contributed by atoms with Gasteiger partial charge in [-0.05, 0) is 122 Å². The minimum atomic E-state index is -1.24. The van der Waals surface area contributed by atoms with Crippen LogP contribution in [0, 0.1) is 11.8 Å². The molecule has 2 aromatic heterocycles. The number of aromatic nitrogens is 2. The number of rotatable bonds is 14. The topological polar surface area (TPSA) is 264 Å². The zero-order chi connectivity index (χ0) is 49.8. The Bertz CT molecular complexity index is 2340. The molecule has 2 aromatic carbocycles. The van der Waals surface area contributed by atoms with Crippen molar-refractivity contribution in [3.8, 4) is 0 Å². The molecule has 4 heterocycles. The lowest BCUT2D eigenvalue weighted by atomic mass is 9.90. The van der Waals surface area contributed by atoms with Crippen molar-refractivity contribution in [2.24, 2.45) is 23.3 Å². The molecule has 4 atom stereocenters. The lowest BCUT2D eigenvalue weighted by Crippen LogP contribution is -2.52. The first-order valence-electron chi connectivity index (χ1n) is 23.3. The van der Waals surface area contributed by atoms with Crippen LogP contribution in [0.3, 0.4) is 0 Å². The fraction of sp³-hybridized carbons (Fsp3) is 0.560. The standard InChI is InChI=1S/C25H36N4O4.C15H20N2.C10H18N2O5/c1-15(2)14-20-22-17(16-8-6-7-9-18(16)27-22)12-13-29(20)23(31)19(10-11-21(26)30)28-24(32)33-25(3,4)5;1-10(2)9-14-15-12(7-8-16-14)11-5-3-4-6-13(11)17-15;1-10(2,3)17-9(16)12-6(8(14)15)4-5-7(11)13/h6-9,15,19-20,27H,10-14H2,1-5H3,(H2,26,30)(H,28,32);3-6,10,14,16-17H,7-9H2,1-2H3;6H,4-5H2,1-3H3,(H2,11,13)(H,12,16)(H,14,15)/t19-,20?;;6-/m1.1/s1. The van der Waals surface area contributed by atoms with E-state index in [1.807, 2.05) is 23.1 Å². The molecule has 2 aliphatic rings. The summed E-state index contributed by atoms with van der Waals surface area (Å²) in [4.78, 5) is 79.2. The summed E-state index contributed by atoms with van der Waals surface area (Å²) >= 11 is 0. The SMILES string of the molecule is CC(C)(C)OC(=O)N[C@H](CCC(N)=O)C(=O)O.CC(C)CC1NCCc2c1[nH]c1ccccc21.CC(C)CC1c2[nH]c3ccccc3c2CCN1C(=O)[C@@H](CCC(N)=O)NC(=O)OC(C)(C)C. The van der Waals surface area contributed by atoms with Gasteiger partial charge in [-0.2, -0.15) is 0 Å². The van der Waals surface area contributed by atoms with Crippen molar-refractivity contribution in [2.45, 2.75) is 156 Å². The Morgan fingerprint density at radius 3 is 1.64 bits per heavy atom. The number of carbonyl (C=O) groups is 6. The van der Waals surface area contributed by atoms with Gasteiger partial charge in [0.1, 0.15) is 23.3 Å². The molecule has 0 fully saturated rings. The number of carbonyl (C=O) groups excluding carboxylic acids is 5. The molecule has 17 heteroatoms. The number of nitrogens with zero attached hydrogens (tertiary/aromatic N) is 1. The summed E-state index contributed by atoms with van der Waals surface area (Å²) in [7, 11) is 0. The number of nitrogens with two attached hydrogens (primary N) is 2. The first kappa shape index (κ1) is 53.5. The Labute approximate surface area is 394 Å². The monoisotopic (exact) mass is 931 g/mol. The van der Waals surface area contributed by atoms with Crippen molar-refractivity contribution in [1.82, 2.24) is 30.8 Å². The third-order valence-electron chi connectivity index (χ3n) is 11.1. The van der Waals surface area contributed by atoms with Crippen LogP contribution in [0.5, 0.6) is 0 Å². The summed E-state index contributed by atoms with van der Waals surface area (Å²) < 4.78 is 10.3. The fourth-order valence-electron chi connectivity index (χ4n) is 8.40. The number of aromatic amines is 2. The number of hydrogen-bond acceptors (Lipinski definition) is 9. The van der Waals surface area contributed by atoms with Gasteiger partial charge in [-0.3, -0.25) is 14.4 Å². The maximum Gasteiger partial charge on any atom is 0.408 e. The highest BCUT2D eigenvalue weighted by molar-refractivity contribution is 5.89. The zero-order valence-electron chi connectivity index (χ0n) is 41.0. The van der Waals surface area contributed by atoms with E-state index < -0.39 is 53.3 Å². The highest BCUT2D eigenvalue weighted by atomic mass is 16.6. The molecule has 5 amide bonds. The summed E-state index contributed by atoms with van der Waals surface area (Å²) in [6, 6.07) is 15.1. The molecule has 0 aliphatic carbocycles. The smallest absolute Gasteiger partial charge is 0.408 e. The molecule has 10 N–H and O–H groups in total. The molecule has 0 saturated carbocycles. The van der Waals surface area contributed by atoms with Crippen molar-refractivity contribution >= 4 is 57.7 Å². The molecule has 6 rings (SSSR count). The summed E-state index contributed by atoms with van der Waals surface area (Å²) in [5.41, 5.74) is 16.4. The first-order chi connectivity index (χ1) is 31.3. The number of fused-ring (bicyclic) bond motifs is 6. The third-order valence-corrected chi connectivity index (χ3v) is 11.1. The largest absolute Gasteiger partial charge is 0.480 e. The summed E-state index contributed by atoms with van der Waals surface area (Å²) in [6.07, 6.45) is 2.26. The van der Waals surface area contributed by atoms with Gasteiger partial charge in [0.2, 0.25) is 17.7 Å². The molecule has 368 valence electrons. The fourth-order valence-corrected chi connectivity index (χ4v) is 8.40. The number of para-hydroxylation sites is 2. The molecule has 0 saturated heterocycles. The van der Waals surface area contributed by atoms with Crippen molar-refractivity contribution < 1.29 is 43.3 Å². The molecule has 2 aliphatic heterocycles. The van der Waals surface area contributed by atoms with Crippen molar-refractivity contribution in [1.29, 1.82) is 0 Å². The van der Waals surface area contributed by atoms with Gasteiger partial charge in [0.25, 0.3) is 0 Å². The normalized spacial score (nSPS) is 16.6. The van der Waals surface area contributed by atoms with Gasteiger partial charge < -0.3 is 56.9 Å². The Morgan fingerprint density at radius 2 is 1.16 bits per heavy atom. The highest BCUT2D eigenvalue weighted by Crippen LogP contribution is 2.38. The molecule has 0 radical (unpaired) electrons. The number of ether oxygens (including phenoxy) is 2. The van der Waals surface area contributed by atoms with E-state index in [1.165, 1.54) is 39.5 Å². The van der Waals surface area contributed by atoms with Crippen LogP contribution in [0.4, 0.5) is 9.59 Å². The second kappa shape index (κ2) is 23.6. The van der Waals surface area contributed by atoms with E-state index in [1.54, 1.807) is 41.5 Å². The van der Waals surface area contributed by atoms with Crippen LogP contribution in [-0.2, 0) is 41.5 Å². The van der Waals surface area contributed by atoms with E-state index in [2.05, 4.69) is 83.9 Å². The lowest BCUT2D eigenvalue weighted by Gasteiger charge is -2.39. The second-order valence-corrected chi connectivity index (χ2v) is 20.2. The highest BCUT2D eigenvalue weighted by Gasteiger charge is 2.38. The van der Waals surface area contributed by atoms with Crippen LogP contribution in [-0.4, -0.2) is 92.2 Å². The predicted octanol–water partition coefficient (Wildman–Crippen LogP) is 7.43. The average molecular weight is 931 g/mol. The molecule has 2 unspecified atom stereocenters. The molecule has 4 aromatic rings. The Balaban J connectivity index is 0.000000242. The van der Waals surface area contributed by atoms with Gasteiger partial charge in [0.05, 0.1) is 6.04 Å². The van der Waals surface area contributed by atoms with E-state index >= 15 is 0 Å². The van der Waals surface area contributed by atoms with Crippen LogP contribution in [0.15, 0.2) is 48.5 Å². The number of benzene rings is 2. The van der Waals surface area contributed by atoms with E-state index in [-0.39, 0.29) is 37.6 Å². The zero-order valence-corrected chi connectivity index (χ0v) is 41.0. The Hall–Kier alpha value is -6.10. The second-order valence-electron chi connectivity index (χ2n) is 20.2. The molecular formula is C50H74N8O9. The number of primary amides is 2. The average Bonchev–Trinajstić information content (AvgIpc) is 3.79. The summed E-state index contributed by atoms with van der Waals surface area (Å²) in [6.45, 7) is 20.7. The van der Waals surface area contributed by atoms with Crippen LogP contribution >= 0.6 is 0 Å². The minimum Gasteiger partial charge on any atom is -0.480 e. The van der Waals surface area contributed by atoms with Gasteiger partial charge in [-0.25, -0.2) is 14.4 Å². The Morgan fingerprint density at radius 1 is 0.701 bits per heavy atom. The number of hydrogen-bond donors (Lipinski definition) is 8. The van der Waals surface area contributed by atoms with Gasteiger partial charge >= 0.3 is 18.2 Å². The maximum atomic E-state index is 13.7.